The third-order valence-corrected chi connectivity index (χ3v) is 3.75. The number of ether oxygens (including phenoxy) is 1. The van der Waals surface area contributed by atoms with Crippen LogP contribution in [0.1, 0.15) is 28.8 Å². The first-order chi connectivity index (χ1) is 13.2. The van der Waals surface area contributed by atoms with Crippen LogP contribution in [-0.2, 0) is 11.2 Å². The fraction of sp³-hybridized carbons (Fsp3) is 0.316. The van der Waals surface area contributed by atoms with Crippen molar-refractivity contribution >= 4 is 11.9 Å². The molecule has 0 aliphatic heterocycles. The van der Waals surface area contributed by atoms with Gasteiger partial charge in [-0.1, -0.05) is 30.3 Å². The SMILES string of the molecule is O=C(O)CCC(Cc1ccccc1)NC(=O)c1ccnc(OCC(F)(F)F)c1. The summed E-state index contributed by atoms with van der Waals surface area (Å²) in [7, 11) is 0. The number of carboxylic acid groups (broad SMARTS) is 1. The Kier molecular flexibility index (Phi) is 7.36. The van der Waals surface area contributed by atoms with Gasteiger partial charge in [-0.2, -0.15) is 13.2 Å². The minimum absolute atomic E-state index is 0.0700. The van der Waals surface area contributed by atoms with Gasteiger partial charge < -0.3 is 15.2 Å². The van der Waals surface area contributed by atoms with Crippen LogP contribution >= 0.6 is 0 Å². The summed E-state index contributed by atoms with van der Waals surface area (Å²) in [5, 5.41) is 11.6. The molecule has 150 valence electrons. The second-order valence-corrected chi connectivity index (χ2v) is 6.08. The number of benzene rings is 1. The van der Waals surface area contributed by atoms with E-state index in [1.807, 2.05) is 30.3 Å². The molecule has 1 aromatic heterocycles. The molecule has 28 heavy (non-hydrogen) atoms. The molecule has 0 bridgehead atoms. The summed E-state index contributed by atoms with van der Waals surface area (Å²) in [6.45, 7) is -1.51. The normalized spacial score (nSPS) is 12.2. The number of pyridine rings is 1. The number of aromatic nitrogens is 1. The highest BCUT2D eigenvalue weighted by atomic mass is 19.4. The van der Waals surface area contributed by atoms with Crippen LogP contribution in [0.15, 0.2) is 48.7 Å². The Balaban J connectivity index is 2.06. The molecule has 1 amide bonds. The summed E-state index contributed by atoms with van der Waals surface area (Å²) in [6.07, 6.45) is -2.85. The molecule has 9 heteroatoms. The summed E-state index contributed by atoms with van der Waals surface area (Å²) in [5.41, 5.74) is 0.989. The Morgan fingerprint density at radius 3 is 2.54 bits per heavy atom. The van der Waals surface area contributed by atoms with Gasteiger partial charge in [0, 0.05) is 30.3 Å². The quantitative estimate of drug-likeness (QED) is 0.680. The Hall–Kier alpha value is -3.10. The fourth-order valence-corrected chi connectivity index (χ4v) is 2.48. The second kappa shape index (κ2) is 9.72. The fourth-order valence-electron chi connectivity index (χ4n) is 2.48. The van der Waals surface area contributed by atoms with E-state index in [1.54, 1.807) is 0 Å². The summed E-state index contributed by atoms with van der Waals surface area (Å²) >= 11 is 0. The molecule has 1 unspecified atom stereocenters. The molecule has 0 saturated carbocycles. The maximum absolute atomic E-state index is 12.5. The predicted octanol–water partition coefficient (Wildman–Crippen LogP) is 3.23. The number of halogens is 3. The molecule has 0 spiro atoms. The van der Waals surface area contributed by atoms with Crippen molar-refractivity contribution in [3.63, 3.8) is 0 Å². The number of carbonyl (C=O) groups excluding carboxylic acids is 1. The lowest BCUT2D eigenvalue weighted by Gasteiger charge is -2.18. The largest absolute Gasteiger partial charge is 0.481 e. The smallest absolute Gasteiger partial charge is 0.422 e. The molecule has 0 fully saturated rings. The van der Waals surface area contributed by atoms with Crippen molar-refractivity contribution in [1.82, 2.24) is 10.3 Å². The third-order valence-electron chi connectivity index (χ3n) is 3.75. The number of amides is 1. The van der Waals surface area contributed by atoms with Gasteiger partial charge in [-0.3, -0.25) is 9.59 Å². The van der Waals surface area contributed by atoms with Crippen molar-refractivity contribution in [3.05, 3.63) is 59.8 Å². The molecule has 0 aliphatic rings. The van der Waals surface area contributed by atoms with Gasteiger partial charge in [0.25, 0.3) is 5.91 Å². The predicted molar refractivity (Wildman–Crippen MR) is 94.1 cm³/mol. The van der Waals surface area contributed by atoms with Crippen molar-refractivity contribution in [2.75, 3.05) is 6.61 Å². The Morgan fingerprint density at radius 2 is 1.89 bits per heavy atom. The second-order valence-electron chi connectivity index (χ2n) is 6.08. The van der Waals surface area contributed by atoms with Crippen molar-refractivity contribution in [3.8, 4) is 5.88 Å². The van der Waals surface area contributed by atoms with E-state index < -0.39 is 30.7 Å². The van der Waals surface area contributed by atoms with Crippen LogP contribution in [0.25, 0.3) is 0 Å². The molecule has 2 rings (SSSR count). The van der Waals surface area contributed by atoms with Gasteiger partial charge in [0.1, 0.15) is 0 Å². The van der Waals surface area contributed by atoms with E-state index in [2.05, 4.69) is 15.0 Å². The Labute approximate surface area is 159 Å². The lowest BCUT2D eigenvalue weighted by Crippen LogP contribution is -2.37. The van der Waals surface area contributed by atoms with Gasteiger partial charge >= 0.3 is 12.1 Å². The highest BCUT2D eigenvalue weighted by Crippen LogP contribution is 2.18. The van der Waals surface area contributed by atoms with Crippen LogP contribution in [0.2, 0.25) is 0 Å². The minimum Gasteiger partial charge on any atom is -0.481 e. The van der Waals surface area contributed by atoms with Crippen LogP contribution in [0, 0.1) is 0 Å². The maximum atomic E-state index is 12.5. The van der Waals surface area contributed by atoms with E-state index in [9.17, 15) is 22.8 Å². The number of carbonyl (C=O) groups is 2. The van der Waals surface area contributed by atoms with Gasteiger partial charge in [0.05, 0.1) is 0 Å². The zero-order valence-corrected chi connectivity index (χ0v) is 14.8. The molecule has 1 aromatic carbocycles. The van der Waals surface area contributed by atoms with Crippen molar-refractivity contribution in [1.29, 1.82) is 0 Å². The number of rotatable bonds is 9. The van der Waals surface area contributed by atoms with Crippen LogP contribution < -0.4 is 10.1 Å². The van der Waals surface area contributed by atoms with Crippen molar-refractivity contribution in [2.24, 2.45) is 0 Å². The highest BCUT2D eigenvalue weighted by molar-refractivity contribution is 5.94. The average molecular weight is 396 g/mol. The van der Waals surface area contributed by atoms with Gasteiger partial charge in [0.15, 0.2) is 6.61 Å². The molecule has 0 saturated heterocycles. The maximum Gasteiger partial charge on any atom is 0.422 e. The first-order valence-corrected chi connectivity index (χ1v) is 8.45. The first-order valence-electron chi connectivity index (χ1n) is 8.45. The molecule has 2 N–H and O–H groups in total. The summed E-state index contributed by atoms with van der Waals surface area (Å²) in [6, 6.07) is 11.2. The topological polar surface area (TPSA) is 88.5 Å². The van der Waals surface area contributed by atoms with Crippen LogP contribution in [-0.4, -0.2) is 40.8 Å². The van der Waals surface area contributed by atoms with Gasteiger partial charge in [-0.05, 0) is 24.5 Å². The van der Waals surface area contributed by atoms with E-state index in [1.165, 1.54) is 12.3 Å². The molecule has 0 radical (unpaired) electrons. The number of carboxylic acids is 1. The van der Waals surface area contributed by atoms with E-state index in [0.717, 1.165) is 11.6 Å². The molecular formula is C19H19F3N2O4. The number of hydrogen-bond donors (Lipinski definition) is 2. The van der Waals surface area contributed by atoms with E-state index in [-0.39, 0.29) is 24.3 Å². The zero-order chi connectivity index (χ0) is 20.6. The minimum atomic E-state index is -4.52. The van der Waals surface area contributed by atoms with Gasteiger partial charge in [-0.15, -0.1) is 0 Å². The molecule has 2 aromatic rings. The summed E-state index contributed by atoms with van der Waals surface area (Å²) in [4.78, 5) is 27.0. The molecule has 6 nitrogen and oxygen atoms in total. The lowest BCUT2D eigenvalue weighted by molar-refractivity contribution is -0.154. The van der Waals surface area contributed by atoms with Crippen LogP contribution in [0.4, 0.5) is 13.2 Å². The number of nitrogens with one attached hydrogen (secondary N) is 1. The standard InChI is InChI=1S/C19H19F3N2O4/c20-19(21,22)12-28-16-11-14(8-9-23-16)18(27)24-15(6-7-17(25)26)10-13-4-2-1-3-5-13/h1-5,8-9,11,15H,6-7,10,12H2,(H,24,27)(H,25,26). The monoisotopic (exact) mass is 396 g/mol. The number of alkyl halides is 3. The molecule has 1 atom stereocenters. The first kappa shape index (κ1) is 21.2. The van der Waals surface area contributed by atoms with Gasteiger partial charge in [-0.25, -0.2) is 4.98 Å². The van der Waals surface area contributed by atoms with Crippen LogP contribution in [0.3, 0.4) is 0 Å². The van der Waals surface area contributed by atoms with Crippen molar-refractivity contribution < 1.29 is 32.6 Å². The Bertz CT molecular complexity index is 797. The van der Waals surface area contributed by atoms with Crippen LogP contribution in [0.5, 0.6) is 5.88 Å². The number of hydrogen-bond acceptors (Lipinski definition) is 4. The molecular weight excluding hydrogens is 377 g/mol. The molecule has 0 aliphatic carbocycles. The lowest BCUT2D eigenvalue weighted by atomic mass is 10.0. The van der Waals surface area contributed by atoms with E-state index in [0.29, 0.717) is 6.42 Å². The van der Waals surface area contributed by atoms with Gasteiger partial charge in [0.2, 0.25) is 5.88 Å². The number of aliphatic carboxylic acids is 1. The summed E-state index contributed by atoms with van der Waals surface area (Å²) < 4.78 is 41.3. The number of nitrogens with zero attached hydrogens (tertiary/aromatic N) is 1. The zero-order valence-electron chi connectivity index (χ0n) is 14.8. The Morgan fingerprint density at radius 1 is 1.18 bits per heavy atom. The highest BCUT2D eigenvalue weighted by Gasteiger charge is 2.28. The molecule has 1 heterocycles. The average Bonchev–Trinajstić information content (AvgIpc) is 2.65. The van der Waals surface area contributed by atoms with Crippen molar-refractivity contribution in [2.45, 2.75) is 31.5 Å². The van der Waals surface area contributed by atoms with E-state index in [4.69, 9.17) is 5.11 Å². The third kappa shape index (κ3) is 7.65. The summed E-state index contributed by atoms with van der Waals surface area (Å²) in [5.74, 6) is -1.86. The van der Waals surface area contributed by atoms with E-state index >= 15 is 0 Å².